The van der Waals surface area contributed by atoms with E-state index >= 15 is 0 Å². The van der Waals surface area contributed by atoms with Crippen LogP contribution in [0, 0.1) is 0 Å². The Hall–Kier alpha value is -0.770. The predicted molar refractivity (Wildman–Crippen MR) is 58.5 cm³/mol. The van der Waals surface area contributed by atoms with Gasteiger partial charge in [-0.1, -0.05) is 23.2 Å². The van der Waals surface area contributed by atoms with Crippen LogP contribution in [0.1, 0.15) is 10.4 Å². The first-order valence-electron chi connectivity index (χ1n) is 4.51. The van der Waals surface area contributed by atoms with Crippen molar-refractivity contribution in [2.24, 2.45) is 0 Å². The van der Waals surface area contributed by atoms with Crippen molar-refractivity contribution in [3.8, 4) is 0 Å². The quantitative estimate of drug-likeness (QED) is 0.830. The lowest BCUT2D eigenvalue weighted by molar-refractivity contribution is 0.0950. The third-order valence-corrected chi connectivity index (χ3v) is 2.62. The molecular formula is C10H9Cl2NO2. The average Bonchev–Trinajstić information content (AvgIpc) is 2.97. The third-order valence-electron chi connectivity index (χ3n) is 2.07. The Kier molecular flexibility index (Phi) is 3.14. The molecule has 0 unspecified atom stereocenters. The molecule has 1 aliphatic rings. The number of benzene rings is 1. The highest BCUT2D eigenvalue weighted by Gasteiger charge is 2.23. The summed E-state index contributed by atoms with van der Waals surface area (Å²) < 4.78 is 4.98. The Balaban J connectivity index is 2.03. The summed E-state index contributed by atoms with van der Waals surface area (Å²) in [5.41, 5.74) is 0.432. The molecule has 1 atom stereocenters. The third kappa shape index (κ3) is 2.84. The van der Waals surface area contributed by atoms with Crippen molar-refractivity contribution >= 4 is 29.1 Å². The number of halogens is 2. The summed E-state index contributed by atoms with van der Waals surface area (Å²) in [5.74, 6) is -0.202. The lowest BCUT2D eigenvalue weighted by Gasteiger charge is -2.05. The molecule has 2 rings (SSSR count). The van der Waals surface area contributed by atoms with Crippen molar-refractivity contribution in [1.82, 2.24) is 5.32 Å². The highest BCUT2D eigenvalue weighted by atomic mass is 35.5. The van der Waals surface area contributed by atoms with E-state index in [1.54, 1.807) is 18.2 Å². The summed E-state index contributed by atoms with van der Waals surface area (Å²) in [6, 6.07) is 4.79. The van der Waals surface area contributed by atoms with Crippen molar-refractivity contribution in [3.63, 3.8) is 0 Å². The molecule has 80 valence electrons. The second-order valence-electron chi connectivity index (χ2n) is 3.29. The van der Waals surface area contributed by atoms with Crippen LogP contribution in [-0.2, 0) is 4.74 Å². The van der Waals surface area contributed by atoms with Crippen molar-refractivity contribution in [2.75, 3.05) is 13.2 Å². The Bertz CT molecular complexity index is 391. The molecule has 0 spiro atoms. The van der Waals surface area contributed by atoms with Gasteiger partial charge in [0.1, 0.15) is 0 Å². The zero-order chi connectivity index (χ0) is 10.8. The second-order valence-corrected chi connectivity index (χ2v) is 4.13. The van der Waals surface area contributed by atoms with Crippen LogP contribution in [0.15, 0.2) is 18.2 Å². The summed E-state index contributed by atoms with van der Waals surface area (Å²) in [6.07, 6.45) is 0.167. The summed E-state index contributed by atoms with van der Waals surface area (Å²) in [7, 11) is 0. The molecule has 0 bridgehead atoms. The lowest BCUT2D eigenvalue weighted by atomic mass is 10.2. The van der Waals surface area contributed by atoms with E-state index in [0.29, 0.717) is 28.8 Å². The molecule has 1 fully saturated rings. The van der Waals surface area contributed by atoms with Crippen LogP contribution in [0.5, 0.6) is 0 Å². The van der Waals surface area contributed by atoms with Gasteiger partial charge >= 0.3 is 0 Å². The van der Waals surface area contributed by atoms with Gasteiger partial charge in [0.25, 0.3) is 5.91 Å². The van der Waals surface area contributed by atoms with Gasteiger partial charge in [-0.15, -0.1) is 0 Å². The van der Waals surface area contributed by atoms with Crippen molar-refractivity contribution in [2.45, 2.75) is 6.10 Å². The van der Waals surface area contributed by atoms with E-state index in [1.165, 1.54) is 0 Å². The van der Waals surface area contributed by atoms with E-state index in [0.717, 1.165) is 0 Å². The van der Waals surface area contributed by atoms with Crippen LogP contribution in [0.3, 0.4) is 0 Å². The van der Waals surface area contributed by atoms with Crippen molar-refractivity contribution in [3.05, 3.63) is 33.8 Å². The van der Waals surface area contributed by atoms with Gasteiger partial charge in [0.05, 0.1) is 23.3 Å². The minimum atomic E-state index is -0.202. The summed E-state index contributed by atoms with van der Waals surface area (Å²) in [4.78, 5) is 11.6. The first-order chi connectivity index (χ1) is 7.16. The molecule has 1 N–H and O–H groups in total. The van der Waals surface area contributed by atoms with Gasteiger partial charge in [-0.25, -0.2) is 0 Å². The Labute approximate surface area is 97.3 Å². The van der Waals surface area contributed by atoms with Crippen molar-refractivity contribution < 1.29 is 9.53 Å². The largest absolute Gasteiger partial charge is 0.371 e. The number of rotatable bonds is 3. The van der Waals surface area contributed by atoms with Gasteiger partial charge in [-0.3, -0.25) is 4.79 Å². The fourth-order valence-electron chi connectivity index (χ4n) is 1.16. The van der Waals surface area contributed by atoms with Crippen LogP contribution in [0.25, 0.3) is 0 Å². The zero-order valence-corrected chi connectivity index (χ0v) is 9.31. The van der Waals surface area contributed by atoms with E-state index in [4.69, 9.17) is 27.9 Å². The van der Waals surface area contributed by atoms with Crippen LogP contribution in [0.4, 0.5) is 0 Å². The molecule has 0 saturated carbocycles. The standard InChI is InChI=1S/C10H9Cl2NO2/c11-6-1-2-8(9(12)3-6)10(14)13-4-7-5-15-7/h1-3,7H,4-5H2,(H,13,14)/t7-/m1/s1. The maximum Gasteiger partial charge on any atom is 0.252 e. The number of hydrogen-bond donors (Lipinski definition) is 1. The number of carbonyl (C=O) groups is 1. The van der Waals surface area contributed by atoms with E-state index < -0.39 is 0 Å². The summed E-state index contributed by atoms with van der Waals surface area (Å²) >= 11 is 11.6. The molecule has 5 heteroatoms. The molecule has 0 radical (unpaired) electrons. The van der Waals surface area contributed by atoms with Gasteiger partial charge in [-0.2, -0.15) is 0 Å². The first kappa shape index (κ1) is 10.7. The molecule has 1 aliphatic heterocycles. The molecule has 1 amide bonds. The highest BCUT2D eigenvalue weighted by molar-refractivity contribution is 6.36. The topological polar surface area (TPSA) is 41.6 Å². The van der Waals surface area contributed by atoms with Crippen LogP contribution < -0.4 is 5.32 Å². The fraction of sp³-hybridized carbons (Fsp3) is 0.300. The molecular weight excluding hydrogens is 237 g/mol. The fourth-order valence-corrected chi connectivity index (χ4v) is 1.66. The van der Waals surface area contributed by atoms with E-state index in [2.05, 4.69) is 5.32 Å². The molecule has 1 heterocycles. The number of hydrogen-bond acceptors (Lipinski definition) is 2. The molecule has 0 aliphatic carbocycles. The zero-order valence-electron chi connectivity index (χ0n) is 7.80. The van der Waals surface area contributed by atoms with Crippen molar-refractivity contribution in [1.29, 1.82) is 0 Å². The number of ether oxygens (including phenoxy) is 1. The van der Waals surface area contributed by atoms with Crippen LogP contribution in [-0.4, -0.2) is 25.2 Å². The normalized spacial score (nSPS) is 18.7. The van der Waals surface area contributed by atoms with Crippen LogP contribution in [0.2, 0.25) is 10.0 Å². The maximum absolute atomic E-state index is 11.6. The Morgan fingerprint density at radius 2 is 2.27 bits per heavy atom. The number of amides is 1. The second kappa shape index (κ2) is 4.39. The number of carbonyl (C=O) groups excluding carboxylic acids is 1. The lowest BCUT2D eigenvalue weighted by Crippen LogP contribution is -2.27. The Morgan fingerprint density at radius 1 is 1.53 bits per heavy atom. The van der Waals surface area contributed by atoms with E-state index in [1.807, 2.05) is 0 Å². The van der Waals surface area contributed by atoms with Gasteiger partial charge in [0.15, 0.2) is 0 Å². The minimum absolute atomic E-state index is 0.167. The smallest absolute Gasteiger partial charge is 0.252 e. The van der Waals surface area contributed by atoms with Crippen LogP contribution >= 0.6 is 23.2 Å². The molecule has 1 saturated heterocycles. The SMILES string of the molecule is O=C(NC[C@@H]1CO1)c1ccc(Cl)cc1Cl. The molecule has 1 aromatic carbocycles. The summed E-state index contributed by atoms with van der Waals surface area (Å²) in [6.45, 7) is 1.24. The molecule has 0 aromatic heterocycles. The molecule has 15 heavy (non-hydrogen) atoms. The van der Waals surface area contributed by atoms with Gasteiger partial charge in [-0.05, 0) is 18.2 Å². The van der Waals surface area contributed by atoms with E-state index in [9.17, 15) is 4.79 Å². The number of nitrogens with one attached hydrogen (secondary N) is 1. The summed E-state index contributed by atoms with van der Waals surface area (Å²) in [5, 5.41) is 3.60. The average molecular weight is 246 g/mol. The highest BCUT2D eigenvalue weighted by Crippen LogP contribution is 2.20. The first-order valence-corrected chi connectivity index (χ1v) is 5.27. The predicted octanol–water partition coefficient (Wildman–Crippen LogP) is 2.12. The van der Waals surface area contributed by atoms with E-state index in [-0.39, 0.29) is 12.0 Å². The van der Waals surface area contributed by atoms with Gasteiger partial charge in [0, 0.05) is 11.6 Å². The minimum Gasteiger partial charge on any atom is -0.371 e. The Morgan fingerprint density at radius 3 is 2.87 bits per heavy atom. The maximum atomic E-state index is 11.6. The molecule has 3 nitrogen and oxygen atoms in total. The van der Waals surface area contributed by atoms with Gasteiger partial charge in [0.2, 0.25) is 0 Å². The van der Waals surface area contributed by atoms with Gasteiger partial charge < -0.3 is 10.1 Å². The monoisotopic (exact) mass is 245 g/mol. The molecule has 1 aromatic rings. The number of epoxide rings is 1.